The fraction of sp³-hybridized carbons (Fsp3) is 0.375. The van der Waals surface area contributed by atoms with Gasteiger partial charge in [0.25, 0.3) is 0 Å². The number of halogens is 1. The molecule has 0 bridgehead atoms. The average molecular weight is 308 g/mol. The Morgan fingerprint density at radius 1 is 1.38 bits per heavy atom. The summed E-state index contributed by atoms with van der Waals surface area (Å²) in [4.78, 5) is 1.29. The summed E-state index contributed by atoms with van der Waals surface area (Å²) in [6, 6.07) is 7.08. The van der Waals surface area contributed by atoms with E-state index in [2.05, 4.69) is 30.6 Å². The third kappa shape index (κ3) is 3.67. The van der Waals surface area contributed by atoms with Gasteiger partial charge in [-0.1, -0.05) is 19.9 Å². The molecule has 0 aliphatic heterocycles. The summed E-state index contributed by atoms with van der Waals surface area (Å²) in [5, 5.41) is 5.37. The van der Waals surface area contributed by atoms with Crippen LogP contribution < -0.4 is 15.8 Å². The number of rotatable bonds is 6. The Kier molecular flexibility index (Phi) is 4.73. The molecule has 3 N–H and O–H groups in total. The highest BCUT2D eigenvalue weighted by atomic mass is 32.1. The van der Waals surface area contributed by atoms with Gasteiger partial charge in [-0.05, 0) is 18.4 Å². The Morgan fingerprint density at radius 2 is 2.14 bits per heavy atom. The lowest BCUT2D eigenvalue weighted by Crippen LogP contribution is -2.26. The van der Waals surface area contributed by atoms with Crippen LogP contribution in [0.25, 0.3) is 0 Å². The molecule has 0 saturated carbocycles. The minimum Gasteiger partial charge on any atom is -0.491 e. The fourth-order valence-corrected chi connectivity index (χ4v) is 2.91. The van der Waals surface area contributed by atoms with Crippen molar-refractivity contribution in [2.75, 3.05) is 24.2 Å². The molecule has 1 heterocycles. The van der Waals surface area contributed by atoms with Crippen molar-refractivity contribution in [2.45, 2.75) is 26.2 Å². The van der Waals surface area contributed by atoms with E-state index in [0.717, 1.165) is 0 Å². The van der Waals surface area contributed by atoms with Gasteiger partial charge >= 0.3 is 0 Å². The topological polar surface area (TPSA) is 47.3 Å². The van der Waals surface area contributed by atoms with Crippen molar-refractivity contribution in [3.63, 3.8) is 0 Å². The molecule has 1 aromatic carbocycles. The van der Waals surface area contributed by atoms with E-state index in [0.29, 0.717) is 24.5 Å². The fourth-order valence-electron chi connectivity index (χ4n) is 2.05. The molecule has 1 aromatic heterocycles. The van der Waals surface area contributed by atoms with Crippen molar-refractivity contribution < 1.29 is 9.13 Å². The molecule has 0 aliphatic rings. The highest BCUT2D eigenvalue weighted by Crippen LogP contribution is 2.31. The monoisotopic (exact) mass is 308 g/mol. The lowest BCUT2D eigenvalue weighted by Gasteiger charge is -2.25. The molecule has 0 unspecified atom stereocenters. The number of nitrogens with one attached hydrogen (secondary N) is 1. The molecule has 5 heteroatoms. The zero-order valence-corrected chi connectivity index (χ0v) is 13.4. The van der Waals surface area contributed by atoms with Gasteiger partial charge in [0.2, 0.25) is 0 Å². The Labute approximate surface area is 128 Å². The molecule has 2 aromatic rings. The molecular formula is C16H21FN2OS. The minimum atomic E-state index is -0.433. The van der Waals surface area contributed by atoms with Gasteiger partial charge in [-0.2, -0.15) is 0 Å². The highest BCUT2D eigenvalue weighted by Gasteiger charge is 2.22. The van der Waals surface area contributed by atoms with Crippen LogP contribution in [-0.4, -0.2) is 13.2 Å². The van der Waals surface area contributed by atoms with Crippen molar-refractivity contribution in [3.8, 4) is 5.75 Å². The lowest BCUT2D eigenvalue weighted by molar-refractivity contribution is 0.322. The number of nitrogens with two attached hydrogens (primary N) is 1. The van der Waals surface area contributed by atoms with Gasteiger partial charge in [-0.25, -0.2) is 4.39 Å². The second-order valence-electron chi connectivity index (χ2n) is 5.52. The maximum atomic E-state index is 13.7. The summed E-state index contributed by atoms with van der Waals surface area (Å²) in [5.41, 5.74) is 6.94. The summed E-state index contributed by atoms with van der Waals surface area (Å²) in [6.07, 6.45) is 0. The van der Waals surface area contributed by atoms with Gasteiger partial charge in [0.15, 0.2) is 11.6 Å². The predicted octanol–water partition coefficient (Wildman–Crippen LogP) is 4.26. The van der Waals surface area contributed by atoms with Crippen molar-refractivity contribution in [2.24, 2.45) is 0 Å². The first-order valence-corrected chi connectivity index (χ1v) is 7.81. The zero-order valence-electron chi connectivity index (χ0n) is 12.6. The third-order valence-corrected chi connectivity index (χ3v) is 4.55. The molecule has 0 spiro atoms. The first kappa shape index (κ1) is 15.6. The van der Waals surface area contributed by atoms with E-state index in [1.807, 2.05) is 13.0 Å². The number of benzene rings is 1. The Bertz CT molecular complexity index is 597. The van der Waals surface area contributed by atoms with E-state index in [4.69, 9.17) is 10.5 Å². The van der Waals surface area contributed by atoms with Crippen molar-refractivity contribution in [3.05, 3.63) is 40.3 Å². The van der Waals surface area contributed by atoms with Gasteiger partial charge < -0.3 is 15.8 Å². The van der Waals surface area contributed by atoms with Crippen LogP contribution in [0.2, 0.25) is 0 Å². The largest absolute Gasteiger partial charge is 0.491 e. The average Bonchev–Trinajstić information content (AvgIpc) is 2.95. The Balaban J connectivity index is 2.14. The Hall–Kier alpha value is -1.75. The number of hydrogen-bond acceptors (Lipinski definition) is 4. The molecular weight excluding hydrogens is 287 g/mol. The summed E-state index contributed by atoms with van der Waals surface area (Å²) in [7, 11) is 0. The number of thiophene rings is 1. The van der Waals surface area contributed by atoms with Crippen molar-refractivity contribution >= 4 is 22.7 Å². The number of nitrogen functional groups attached to an aromatic ring is 1. The first-order chi connectivity index (χ1) is 9.94. The van der Waals surface area contributed by atoms with Crippen LogP contribution in [0.1, 0.15) is 25.6 Å². The molecule has 0 saturated heterocycles. The van der Waals surface area contributed by atoms with E-state index in [-0.39, 0.29) is 11.2 Å². The van der Waals surface area contributed by atoms with E-state index in [1.54, 1.807) is 17.4 Å². The van der Waals surface area contributed by atoms with Crippen LogP contribution in [0.4, 0.5) is 15.8 Å². The van der Waals surface area contributed by atoms with Crippen LogP contribution in [0.3, 0.4) is 0 Å². The van der Waals surface area contributed by atoms with Gasteiger partial charge in [0.1, 0.15) is 0 Å². The van der Waals surface area contributed by atoms with Crippen LogP contribution in [0.15, 0.2) is 29.6 Å². The smallest absolute Gasteiger partial charge is 0.167 e. The summed E-state index contributed by atoms with van der Waals surface area (Å²) in [6.45, 7) is 7.27. The van der Waals surface area contributed by atoms with Crippen LogP contribution in [0, 0.1) is 5.82 Å². The normalized spacial score (nSPS) is 11.4. The van der Waals surface area contributed by atoms with E-state index < -0.39 is 5.82 Å². The Morgan fingerprint density at radius 3 is 2.76 bits per heavy atom. The van der Waals surface area contributed by atoms with Crippen LogP contribution in [-0.2, 0) is 5.41 Å². The van der Waals surface area contributed by atoms with Crippen molar-refractivity contribution in [1.29, 1.82) is 0 Å². The molecule has 2 rings (SSSR count). The summed E-state index contributed by atoms with van der Waals surface area (Å²) >= 11 is 1.73. The first-order valence-electron chi connectivity index (χ1n) is 6.93. The van der Waals surface area contributed by atoms with Gasteiger partial charge in [0.05, 0.1) is 18.0 Å². The number of ether oxygens (including phenoxy) is 1. The third-order valence-electron chi connectivity index (χ3n) is 3.31. The van der Waals surface area contributed by atoms with Gasteiger partial charge in [-0.3, -0.25) is 0 Å². The second kappa shape index (κ2) is 6.35. The number of hydrogen-bond donors (Lipinski definition) is 2. The lowest BCUT2D eigenvalue weighted by atomic mass is 9.91. The summed E-state index contributed by atoms with van der Waals surface area (Å²) < 4.78 is 19.0. The van der Waals surface area contributed by atoms with E-state index in [9.17, 15) is 4.39 Å². The number of anilines is 2. The zero-order chi connectivity index (χ0) is 15.5. The van der Waals surface area contributed by atoms with E-state index >= 15 is 0 Å². The molecule has 0 amide bonds. The quantitative estimate of drug-likeness (QED) is 0.784. The minimum absolute atomic E-state index is 0.0270. The summed E-state index contributed by atoms with van der Waals surface area (Å²) in [5.74, 6) is -0.208. The molecule has 3 nitrogen and oxygen atoms in total. The standard InChI is InChI=1S/C16H21FN2OS/c1-4-20-14-9-13(12(18)8-11(14)17)19-10-16(2,3)15-6-5-7-21-15/h5-9,19H,4,10,18H2,1-3H3. The molecule has 0 aliphatic carbocycles. The van der Waals surface area contributed by atoms with Crippen LogP contribution >= 0.6 is 11.3 Å². The van der Waals surface area contributed by atoms with E-state index in [1.165, 1.54) is 10.9 Å². The predicted molar refractivity (Wildman–Crippen MR) is 87.8 cm³/mol. The maximum absolute atomic E-state index is 13.7. The van der Waals surface area contributed by atoms with Crippen LogP contribution in [0.5, 0.6) is 5.75 Å². The SMILES string of the molecule is CCOc1cc(NCC(C)(C)c2cccs2)c(N)cc1F. The molecule has 21 heavy (non-hydrogen) atoms. The highest BCUT2D eigenvalue weighted by molar-refractivity contribution is 7.10. The van der Waals surface area contributed by atoms with Gasteiger partial charge in [0, 0.05) is 29.0 Å². The maximum Gasteiger partial charge on any atom is 0.167 e. The molecule has 0 radical (unpaired) electrons. The molecule has 0 fully saturated rings. The second-order valence-corrected chi connectivity index (χ2v) is 6.47. The molecule has 114 valence electrons. The van der Waals surface area contributed by atoms with Crippen molar-refractivity contribution in [1.82, 2.24) is 0 Å². The van der Waals surface area contributed by atoms with Gasteiger partial charge in [-0.15, -0.1) is 11.3 Å². The molecule has 0 atom stereocenters.